The van der Waals surface area contributed by atoms with E-state index < -0.39 is 0 Å². The Morgan fingerprint density at radius 1 is 1.04 bits per heavy atom. The molecule has 0 unspecified atom stereocenters. The van der Waals surface area contributed by atoms with Crippen LogP contribution in [0.15, 0.2) is 42.5 Å². The van der Waals surface area contributed by atoms with E-state index in [0.29, 0.717) is 42.5 Å². The fraction of sp³-hybridized carbons (Fsp3) is 0.278. The van der Waals surface area contributed by atoms with Gasteiger partial charge in [0.15, 0.2) is 11.5 Å². The summed E-state index contributed by atoms with van der Waals surface area (Å²) in [6, 6.07) is 12.6. The summed E-state index contributed by atoms with van der Waals surface area (Å²) in [5.41, 5.74) is 7.80. The molecule has 5 nitrogen and oxygen atoms in total. The Kier molecular flexibility index (Phi) is 6.00. The standard InChI is InChI=1S/C18H22N2O3/c1-3-22-16-9-8-14(11-17(16)23-4-2)18(21)20-15-7-5-6-13(10-15)12-19/h5-11H,3-4,12,19H2,1-2H3,(H,20,21). The molecule has 3 N–H and O–H groups in total. The van der Waals surface area contributed by atoms with Gasteiger partial charge in [-0.25, -0.2) is 0 Å². The van der Waals surface area contributed by atoms with E-state index in [2.05, 4.69) is 5.32 Å². The number of ether oxygens (including phenoxy) is 2. The Morgan fingerprint density at radius 2 is 1.78 bits per heavy atom. The number of anilines is 1. The molecule has 122 valence electrons. The van der Waals surface area contributed by atoms with E-state index in [9.17, 15) is 4.79 Å². The van der Waals surface area contributed by atoms with Crippen molar-refractivity contribution < 1.29 is 14.3 Å². The summed E-state index contributed by atoms with van der Waals surface area (Å²) >= 11 is 0. The van der Waals surface area contributed by atoms with Crippen molar-refractivity contribution >= 4 is 11.6 Å². The lowest BCUT2D eigenvalue weighted by atomic mass is 10.1. The van der Waals surface area contributed by atoms with Crippen molar-refractivity contribution in [2.45, 2.75) is 20.4 Å². The molecule has 0 aromatic heterocycles. The fourth-order valence-electron chi connectivity index (χ4n) is 2.17. The van der Waals surface area contributed by atoms with E-state index in [1.807, 2.05) is 38.1 Å². The third-order valence-corrected chi connectivity index (χ3v) is 3.23. The number of nitrogens with one attached hydrogen (secondary N) is 1. The van der Waals surface area contributed by atoms with Crippen LogP contribution >= 0.6 is 0 Å². The highest BCUT2D eigenvalue weighted by atomic mass is 16.5. The minimum absolute atomic E-state index is 0.205. The molecule has 0 saturated carbocycles. The van der Waals surface area contributed by atoms with Crippen LogP contribution in [0.1, 0.15) is 29.8 Å². The van der Waals surface area contributed by atoms with Crippen LogP contribution in [-0.4, -0.2) is 19.1 Å². The second-order valence-electron chi connectivity index (χ2n) is 4.89. The molecule has 23 heavy (non-hydrogen) atoms. The van der Waals surface area contributed by atoms with Gasteiger partial charge in [-0.1, -0.05) is 12.1 Å². The summed E-state index contributed by atoms with van der Waals surface area (Å²) in [6.07, 6.45) is 0. The Labute approximate surface area is 136 Å². The smallest absolute Gasteiger partial charge is 0.255 e. The Morgan fingerprint density at radius 3 is 2.48 bits per heavy atom. The van der Waals surface area contributed by atoms with Gasteiger partial charge in [0.1, 0.15) is 0 Å². The van der Waals surface area contributed by atoms with Crippen molar-refractivity contribution in [1.29, 1.82) is 0 Å². The normalized spacial score (nSPS) is 10.2. The minimum atomic E-state index is -0.205. The van der Waals surface area contributed by atoms with E-state index in [1.165, 1.54) is 0 Å². The van der Waals surface area contributed by atoms with Crippen LogP contribution in [0.4, 0.5) is 5.69 Å². The number of carbonyl (C=O) groups excluding carboxylic acids is 1. The van der Waals surface area contributed by atoms with Crippen LogP contribution in [0.2, 0.25) is 0 Å². The second-order valence-corrected chi connectivity index (χ2v) is 4.89. The average molecular weight is 314 g/mol. The predicted octanol–water partition coefficient (Wildman–Crippen LogP) is 3.20. The maximum absolute atomic E-state index is 12.4. The highest BCUT2D eigenvalue weighted by Crippen LogP contribution is 2.28. The first-order chi connectivity index (χ1) is 11.2. The molecule has 2 rings (SSSR count). The molecule has 0 aliphatic heterocycles. The molecule has 0 bridgehead atoms. The van der Waals surface area contributed by atoms with Crippen LogP contribution in [0.3, 0.4) is 0 Å². The zero-order chi connectivity index (χ0) is 16.7. The van der Waals surface area contributed by atoms with Gasteiger partial charge in [0, 0.05) is 17.8 Å². The fourth-order valence-corrected chi connectivity index (χ4v) is 2.17. The number of carbonyl (C=O) groups is 1. The summed E-state index contributed by atoms with van der Waals surface area (Å²) in [5.74, 6) is 0.997. The summed E-state index contributed by atoms with van der Waals surface area (Å²) < 4.78 is 11.0. The van der Waals surface area contributed by atoms with Gasteiger partial charge >= 0.3 is 0 Å². The summed E-state index contributed by atoms with van der Waals surface area (Å²) in [5, 5.41) is 2.86. The molecule has 0 spiro atoms. The molecule has 5 heteroatoms. The topological polar surface area (TPSA) is 73.6 Å². The van der Waals surface area contributed by atoms with Crippen molar-refractivity contribution in [2.24, 2.45) is 5.73 Å². The number of amides is 1. The molecule has 2 aromatic carbocycles. The van der Waals surface area contributed by atoms with Crippen LogP contribution in [0, 0.1) is 0 Å². The Bertz CT molecular complexity index is 671. The van der Waals surface area contributed by atoms with Gasteiger partial charge in [0.2, 0.25) is 0 Å². The Balaban J connectivity index is 2.19. The van der Waals surface area contributed by atoms with Crippen LogP contribution in [0.25, 0.3) is 0 Å². The van der Waals surface area contributed by atoms with E-state index in [0.717, 1.165) is 5.56 Å². The van der Waals surface area contributed by atoms with Crippen molar-refractivity contribution in [2.75, 3.05) is 18.5 Å². The first-order valence-corrected chi connectivity index (χ1v) is 7.68. The molecule has 1 amide bonds. The van der Waals surface area contributed by atoms with Gasteiger partial charge in [-0.2, -0.15) is 0 Å². The SMILES string of the molecule is CCOc1ccc(C(=O)Nc2cccc(CN)c2)cc1OCC. The van der Waals surface area contributed by atoms with Gasteiger partial charge in [0.05, 0.1) is 13.2 Å². The largest absolute Gasteiger partial charge is 0.490 e. The number of hydrogen-bond donors (Lipinski definition) is 2. The third kappa shape index (κ3) is 4.47. The molecule has 2 aromatic rings. The van der Waals surface area contributed by atoms with Gasteiger partial charge in [-0.15, -0.1) is 0 Å². The number of nitrogens with two attached hydrogens (primary N) is 1. The molecule has 0 saturated heterocycles. The van der Waals surface area contributed by atoms with Crippen molar-refractivity contribution in [1.82, 2.24) is 0 Å². The van der Waals surface area contributed by atoms with Crippen molar-refractivity contribution in [3.8, 4) is 11.5 Å². The molecule has 0 aliphatic rings. The number of rotatable bonds is 7. The van der Waals surface area contributed by atoms with E-state index in [1.54, 1.807) is 18.2 Å². The van der Waals surface area contributed by atoms with E-state index >= 15 is 0 Å². The minimum Gasteiger partial charge on any atom is -0.490 e. The first kappa shape index (κ1) is 16.8. The first-order valence-electron chi connectivity index (χ1n) is 7.68. The molecular weight excluding hydrogens is 292 g/mol. The quantitative estimate of drug-likeness (QED) is 0.823. The summed E-state index contributed by atoms with van der Waals surface area (Å²) in [4.78, 5) is 12.4. The lowest BCUT2D eigenvalue weighted by molar-refractivity contribution is 0.102. The molecule has 0 aliphatic carbocycles. The highest BCUT2D eigenvalue weighted by Gasteiger charge is 2.12. The highest BCUT2D eigenvalue weighted by molar-refractivity contribution is 6.04. The monoisotopic (exact) mass is 314 g/mol. The second kappa shape index (κ2) is 8.19. The molecule has 0 radical (unpaired) electrons. The zero-order valence-electron chi connectivity index (χ0n) is 13.5. The maximum atomic E-state index is 12.4. The summed E-state index contributed by atoms with van der Waals surface area (Å²) in [7, 11) is 0. The Hall–Kier alpha value is -2.53. The lowest BCUT2D eigenvalue weighted by Crippen LogP contribution is -2.13. The van der Waals surface area contributed by atoms with Crippen molar-refractivity contribution in [3.05, 3.63) is 53.6 Å². The van der Waals surface area contributed by atoms with Crippen LogP contribution in [0.5, 0.6) is 11.5 Å². The zero-order valence-corrected chi connectivity index (χ0v) is 13.5. The number of benzene rings is 2. The van der Waals surface area contributed by atoms with Gasteiger partial charge < -0.3 is 20.5 Å². The van der Waals surface area contributed by atoms with Crippen LogP contribution in [-0.2, 0) is 6.54 Å². The maximum Gasteiger partial charge on any atom is 0.255 e. The number of hydrogen-bond acceptors (Lipinski definition) is 4. The molecule has 0 fully saturated rings. The molecule has 0 heterocycles. The van der Waals surface area contributed by atoms with E-state index in [-0.39, 0.29) is 5.91 Å². The van der Waals surface area contributed by atoms with Gasteiger partial charge in [-0.05, 0) is 49.7 Å². The predicted molar refractivity (Wildman–Crippen MR) is 91.1 cm³/mol. The lowest BCUT2D eigenvalue weighted by Gasteiger charge is -2.12. The van der Waals surface area contributed by atoms with E-state index in [4.69, 9.17) is 15.2 Å². The summed E-state index contributed by atoms with van der Waals surface area (Å²) in [6.45, 7) is 5.27. The van der Waals surface area contributed by atoms with Crippen LogP contribution < -0.4 is 20.5 Å². The van der Waals surface area contributed by atoms with Gasteiger partial charge in [0.25, 0.3) is 5.91 Å². The molecule has 0 atom stereocenters. The van der Waals surface area contributed by atoms with Gasteiger partial charge in [-0.3, -0.25) is 4.79 Å². The third-order valence-electron chi connectivity index (χ3n) is 3.23. The average Bonchev–Trinajstić information content (AvgIpc) is 2.57. The van der Waals surface area contributed by atoms with Crippen molar-refractivity contribution in [3.63, 3.8) is 0 Å². The molecular formula is C18H22N2O3.